The van der Waals surface area contributed by atoms with Crippen LogP contribution in [0, 0.1) is 0 Å². The second-order valence-corrected chi connectivity index (χ2v) is 8.00. The molecule has 0 amide bonds. The highest BCUT2D eigenvalue weighted by Gasteiger charge is 2.19. The lowest BCUT2D eigenvalue weighted by Gasteiger charge is -2.11. The highest BCUT2D eigenvalue weighted by atomic mass is 16.5. The number of nitrogens with zero attached hydrogens (tertiary/aromatic N) is 6. The van der Waals surface area contributed by atoms with Crippen LogP contribution >= 0.6 is 0 Å². The molecule has 0 atom stereocenters. The summed E-state index contributed by atoms with van der Waals surface area (Å²) in [6, 6.07) is 21.6. The fraction of sp³-hybridized carbons (Fsp3) is 0.115. The maximum atomic E-state index is 13.5. The topological polar surface area (TPSA) is 97.0 Å². The molecule has 9 heteroatoms. The van der Waals surface area contributed by atoms with Crippen LogP contribution in [0.3, 0.4) is 0 Å². The molecule has 172 valence electrons. The van der Waals surface area contributed by atoms with Crippen LogP contribution in [-0.4, -0.2) is 43.7 Å². The van der Waals surface area contributed by atoms with E-state index in [0.717, 1.165) is 21.1 Å². The van der Waals surface area contributed by atoms with Crippen LogP contribution in [0.2, 0.25) is 0 Å². The van der Waals surface area contributed by atoms with E-state index in [4.69, 9.17) is 14.5 Å². The Morgan fingerprint density at radius 1 is 0.886 bits per heavy atom. The van der Waals surface area contributed by atoms with Crippen LogP contribution in [0.25, 0.3) is 38.8 Å². The molecule has 0 saturated carbocycles. The molecule has 6 aromatic rings. The van der Waals surface area contributed by atoms with Gasteiger partial charge in [-0.1, -0.05) is 48.5 Å². The smallest absolute Gasteiger partial charge is 0.286 e. The Labute approximate surface area is 199 Å². The van der Waals surface area contributed by atoms with E-state index in [0.29, 0.717) is 40.0 Å². The molecule has 3 aromatic carbocycles. The van der Waals surface area contributed by atoms with Gasteiger partial charge in [-0.05, 0) is 23.8 Å². The van der Waals surface area contributed by atoms with E-state index >= 15 is 0 Å². The van der Waals surface area contributed by atoms with Gasteiger partial charge >= 0.3 is 0 Å². The zero-order valence-electron chi connectivity index (χ0n) is 19.0. The van der Waals surface area contributed by atoms with Gasteiger partial charge in [0.15, 0.2) is 17.1 Å². The minimum Gasteiger partial charge on any atom is -0.493 e. The van der Waals surface area contributed by atoms with Gasteiger partial charge in [0.05, 0.1) is 31.3 Å². The van der Waals surface area contributed by atoms with Crippen LogP contribution < -0.4 is 15.0 Å². The molecule has 0 bridgehead atoms. The molecular weight excluding hydrogens is 444 g/mol. The second-order valence-electron chi connectivity index (χ2n) is 8.00. The fourth-order valence-corrected chi connectivity index (χ4v) is 4.40. The van der Waals surface area contributed by atoms with Gasteiger partial charge < -0.3 is 14.0 Å². The Morgan fingerprint density at radius 3 is 2.49 bits per heavy atom. The lowest BCUT2D eigenvalue weighted by Crippen LogP contribution is -2.24. The van der Waals surface area contributed by atoms with Crippen molar-refractivity contribution in [1.82, 2.24) is 29.5 Å². The van der Waals surface area contributed by atoms with Crippen molar-refractivity contribution in [1.29, 1.82) is 0 Å². The number of hydrogen-bond donors (Lipinski definition) is 0. The number of benzene rings is 3. The van der Waals surface area contributed by atoms with Crippen molar-refractivity contribution in [3.63, 3.8) is 0 Å². The molecule has 0 N–H and O–H groups in total. The normalized spacial score (nSPS) is 11.4. The van der Waals surface area contributed by atoms with Gasteiger partial charge in [-0.25, -0.2) is 0 Å². The molecule has 0 radical (unpaired) electrons. The largest absolute Gasteiger partial charge is 0.493 e. The van der Waals surface area contributed by atoms with Crippen LogP contribution in [0.4, 0.5) is 0 Å². The van der Waals surface area contributed by atoms with Crippen LogP contribution in [-0.2, 0) is 6.54 Å². The van der Waals surface area contributed by atoms with Crippen molar-refractivity contribution in [3.05, 3.63) is 88.8 Å². The van der Waals surface area contributed by atoms with E-state index < -0.39 is 5.56 Å². The molecule has 0 spiro atoms. The second kappa shape index (κ2) is 8.21. The highest BCUT2D eigenvalue weighted by Crippen LogP contribution is 2.33. The zero-order chi connectivity index (χ0) is 23.9. The first kappa shape index (κ1) is 20.8. The maximum absolute atomic E-state index is 13.5. The summed E-state index contributed by atoms with van der Waals surface area (Å²) < 4.78 is 14.1. The standard InChI is InChI=1S/C26H20N6O3/c1-34-20-13-12-17-14-27-32(25(33)21(17)23(20)35-2)26-28-24-22(29-30-26)18-10-6-7-11-19(18)31(24)15-16-8-4-3-5-9-16/h3-14H,15H2,1-2H3. The minimum atomic E-state index is -0.426. The number of fused-ring (bicyclic) bond motifs is 4. The number of hydrogen-bond acceptors (Lipinski definition) is 7. The summed E-state index contributed by atoms with van der Waals surface area (Å²) in [6.45, 7) is 0.591. The molecule has 3 heterocycles. The van der Waals surface area contributed by atoms with Gasteiger partial charge in [-0.3, -0.25) is 4.79 Å². The average molecular weight is 464 g/mol. The number of ether oxygens (including phenoxy) is 2. The molecule has 6 rings (SSSR count). The van der Waals surface area contributed by atoms with Gasteiger partial charge in [0.25, 0.3) is 11.5 Å². The quantitative estimate of drug-likeness (QED) is 0.383. The zero-order valence-corrected chi connectivity index (χ0v) is 19.0. The Kier molecular flexibility index (Phi) is 4.88. The van der Waals surface area contributed by atoms with E-state index in [2.05, 4.69) is 32.0 Å². The number of methoxy groups -OCH3 is 2. The minimum absolute atomic E-state index is 0.0754. The number of aromatic nitrogens is 6. The van der Waals surface area contributed by atoms with Crippen LogP contribution in [0.1, 0.15) is 5.56 Å². The Morgan fingerprint density at radius 2 is 1.69 bits per heavy atom. The summed E-state index contributed by atoms with van der Waals surface area (Å²) >= 11 is 0. The third-order valence-corrected chi connectivity index (χ3v) is 6.03. The van der Waals surface area contributed by atoms with Crippen molar-refractivity contribution in [2.75, 3.05) is 14.2 Å². The van der Waals surface area contributed by atoms with E-state index in [1.165, 1.54) is 14.2 Å². The highest BCUT2D eigenvalue weighted by molar-refractivity contribution is 6.04. The predicted molar refractivity (Wildman–Crippen MR) is 132 cm³/mol. The third-order valence-electron chi connectivity index (χ3n) is 6.03. The van der Waals surface area contributed by atoms with E-state index in [1.807, 2.05) is 42.5 Å². The molecule has 9 nitrogen and oxygen atoms in total. The number of para-hydroxylation sites is 1. The summed E-state index contributed by atoms with van der Waals surface area (Å²) in [5.74, 6) is 0.858. The molecular formula is C26H20N6O3. The van der Waals surface area contributed by atoms with Crippen molar-refractivity contribution < 1.29 is 9.47 Å². The van der Waals surface area contributed by atoms with Crippen molar-refractivity contribution >= 4 is 32.8 Å². The third kappa shape index (κ3) is 3.28. The molecule has 0 aliphatic heterocycles. The van der Waals surface area contributed by atoms with Crippen LogP contribution in [0.5, 0.6) is 11.5 Å². The summed E-state index contributed by atoms with van der Waals surface area (Å²) in [4.78, 5) is 18.3. The van der Waals surface area contributed by atoms with Crippen molar-refractivity contribution in [2.45, 2.75) is 6.54 Å². The average Bonchev–Trinajstić information content (AvgIpc) is 3.21. The first-order chi connectivity index (χ1) is 17.2. The van der Waals surface area contributed by atoms with E-state index in [9.17, 15) is 4.79 Å². The number of rotatable bonds is 5. The Bertz CT molecular complexity index is 1780. The van der Waals surface area contributed by atoms with Gasteiger partial charge in [0.2, 0.25) is 0 Å². The Balaban J connectivity index is 1.60. The summed E-state index contributed by atoms with van der Waals surface area (Å²) in [5.41, 5.74) is 2.95. The molecule has 0 saturated heterocycles. The van der Waals surface area contributed by atoms with Gasteiger partial charge in [-0.2, -0.15) is 14.8 Å². The van der Waals surface area contributed by atoms with Gasteiger partial charge in [0.1, 0.15) is 5.52 Å². The predicted octanol–water partition coefficient (Wildman–Crippen LogP) is 3.74. The SMILES string of the molecule is COc1ccc2cnn(-c3nnc4c5ccccc5n(Cc5ccccc5)c4n3)c(=O)c2c1OC. The maximum Gasteiger partial charge on any atom is 0.286 e. The van der Waals surface area contributed by atoms with Gasteiger partial charge in [0, 0.05) is 17.3 Å². The first-order valence-electron chi connectivity index (χ1n) is 11.0. The van der Waals surface area contributed by atoms with Crippen molar-refractivity contribution in [3.8, 4) is 17.4 Å². The molecule has 0 unspecified atom stereocenters. The fourth-order valence-electron chi connectivity index (χ4n) is 4.40. The molecule has 3 aromatic heterocycles. The lowest BCUT2D eigenvalue weighted by molar-refractivity contribution is 0.358. The summed E-state index contributed by atoms with van der Waals surface area (Å²) in [6.07, 6.45) is 1.58. The van der Waals surface area contributed by atoms with E-state index in [1.54, 1.807) is 18.3 Å². The monoisotopic (exact) mass is 464 g/mol. The molecule has 0 aliphatic rings. The first-order valence-corrected chi connectivity index (χ1v) is 11.0. The van der Waals surface area contributed by atoms with E-state index in [-0.39, 0.29) is 5.95 Å². The lowest BCUT2D eigenvalue weighted by atomic mass is 10.1. The van der Waals surface area contributed by atoms with Gasteiger partial charge in [-0.15, -0.1) is 10.2 Å². The summed E-state index contributed by atoms with van der Waals surface area (Å²) in [5, 5.41) is 14.9. The Hall–Kier alpha value is -4.79. The van der Waals surface area contributed by atoms with Crippen LogP contribution in [0.15, 0.2) is 77.7 Å². The molecule has 0 aliphatic carbocycles. The molecule has 35 heavy (non-hydrogen) atoms. The molecule has 0 fully saturated rings. The van der Waals surface area contributed by atoms with Crippen molar-refractivity contribution in [2.24, 2.45) is 0 Å². The summed E-state index contributed by atoms with van der Waals surface area (Å²) in [7, 11) is 3.02.